The largest absolute Gasteiger partial charge is 0.496 e. The van der Waals surface area contributed by atoms with Crippen LogP contribution in [0.3, 0.4) is 0 Å². The fourth-order valence-electron chi connectivity index (χ4n) is 1.79. The van der Waals surface area contributed by atoms with E-state index >= 15 is 0 Å². The highest BCUT2D eigenvalue weighted by atomic mass is 16.5. The average Bonchev–Trinajstić information content (AvgIpc) is 2.49. The zero-order valence-corrected chi connectivity index (χ0v) is 9.24. The van der Waals surface area contributed by atoms with Crippen molar-refractivity contribution < 1.29 is 14.3 Å². The summed E-state index contributed by atoms with van der Waals surface area (Å²) in [5, 5.41) is 2.66. The Morgan fingerprint density at radius 3 is 2.56 bits per heavy atom. The zero-order valence-electron chi connectivity index (χ0n) is 9.24. The van der Waals surface area contributed by atoms with Crippen molar-refractivity contribution >= 4 is 12.0 Å². The minimum absolute atomic E-state index is 0.0541. The molecule has 2 rings (SSSR count). The molecule has 4 heteroatoms. The highest BCUT2D eigenvalue weighted by Crippen LogP contribution is 2.32. The second-order valence-electron chi connectivity index (χ2n) is 3.44. The molecule has 0 radical (unpaired) electrons. The van der Waals surface area contributed by atoms with Gasteiger partial charge in [0.15, 0.2) is 0 Å². The van der Waals surface area contributed by atoms with Crippen LogP contribution in [0, 0.1) is 0 Å². The van der Waals surface area contributed by atoms with E-state index in [0.717, 1.165) is 16.9 Å². The van der Waals surface area contributed by atoms with Crippen LogP contribution in [-0.2, 0) is 11.2 Å². The van der Waals surface area contributed by atoms with E-state index in [4.69, 9.17) is 9.47 Å². The minimum Gasteiger partial charge on any atom is -0.496 e. The Kier molecular flexibility index (Phi) is 2.81. The number of hydrogen-bond donors (Lipinski definition) is 1. The monoisotopic (exact) mass is 219 g/mol. The number of hydrogen-bond acceptors (Lipinski definition) is 3. The van der Waals surface area contributed by atoms with E-state index in [1.165, 1.54) is 0 Å². The van der Waals surface area contributed by atoms with Crippen molar-refractivity contribution in [1.29, 1.82) is 0 Å². The molecule has 0 atom stereocenters. The quantitative estimate of drug-likeness (QED) is 0.816. The number of ether oxygens (including phenoxy) is 2. The fraction of sp³-hybridized carbons (Fsp3) is 0.250. The van der Waals surface area contributed by atoms with Gasteiger partial charge in [-0.1, -0.05) is 0 Å². The van der Waals surface area contributed by atoms with Gasteiger partial charge < -0.3 is 14.8 Å². The maximum atomic E-state index is 11.5. The molecule has 1 heterocycles. The highest BCUT2D eigenvalue weighted by molar-refractivity contribution is 5.85. The minimum atomic E-state index is -0.0541. The predicted octanol–water partition coefficient (Wildman–Crippen LogP) is 1.35. The van der Waals surface area contributed by atoms with Gasteiger partial charge in [-0.3, -0.25) is 4.79 Å². The van der Waals surface area contributed by atoms with Gasteiger partial charge in [-0.25, -0.2) is 0 Å². The lowest BCUT2D eigenvalue weighted by Crippen LogP contribution is -2.18. The van der Waals surface area contributed by atoms with E-state index in [1.54, 1.807) is 20.4 Å². The average molecular weight is 219 g/mol. The summed E-state index contributed by atoms with van der Waals surface area (Å²) in [4.78, 5) is 11.5. The molecule has 1 aromatic rings. The lowest BCUT2D eigenvalue weighted by atomic mass is 10.0. The van der Waals surface area contributed by atoms with Crippen LogP contribution < -0.4 is 14.8 Å². The second-order valence-corrected chi connectivity index (χ2v) is 3.44. The number of amides is 1. The molecule has 0 unspecified atom stereocenters. The third-order valence-corrected chi connectivity index (χ3v) is 2.55. The summed E-state index contributed by atoms with van der Waals surface area (Å²) >= 11 is 0. The van der Waals surface area contributed by atoms with Gasteiger partial charge in [-0.2, -0.15) is 0 Å². The van der Waals surface area contributed by atoms with Gasteiger partial charge in [-0.15, -0.1) is 0 Å². The molecule has 1 aliphatic rings. The van der Waals surface area contributed by atoms with Crippen LogP contribution in [0.5, 0.6) is 11.5 Å². The van der Waals surface area contributed by atoms with Gasteiger partial charge in [0.2, 0.25) is 5.91 Å². The summed E-state index contributed by atoms with van der Waals surface area (Å²) in [7, 11) is 3.20. The zero-order chi connectivity index (χ0) is 11.5. The summed E-state index contributed by atoms with van der Waals surface area (Å²) in [6.45, 7) is 0. The molecular weight excluding hydrogens is 206 g/mol. The third-order valence-electron chi connectivity index (χ3n) is 2.55. The van der Waals surface area contributed by atoms with E-state index < -0.39 is 0 Å². The number of carbonyl (C=O) groups excluding carboxylic acids is 1. The van der Waals surface area contributed by atoms with Crippen molar-refractivity contribution in [3.63, 3.8) is 0 Å². The van der Waals surface area contributed by atoms with Gasteiger partial charge in [0, 0.05) is 17.3 Å². The molecule has 1 aromatic carbocycles. The van der Waals surface area contributed by atoms with Gasteiger partial charge in [0.05, 0.1) is 20.6 Å². The van der Waals surface area contributed by atoms with Crippen LogP contribution in [0.1, 0.15) is 11.1 Å². The Balaban J connectivity index is 2.60. The number of methoxy groups -OCH3 is 2. The first-order valence-corrected chi connectivity index (χ1v) is 4.96. The molecule has 1 N–H and O–H groups in total. The molecule has 0 aromatic heterocycles. The van der Waals surface area contributed by atoms with E-state index in [1.807, 2.05) is 18.2 Å². The third kappa shape index (κ3) is 1.74. The molecule has 0 bridgehead atoms. The van der Waals surface area contributed by atoms with Crippen LogP contribution in [0.4, 0.5) is 0 Å². The molecule has 4 nitrogen and oxygen atoms in total. The molecule has 1 aliphatic heterocycles. The van der Waals surface area contributed by atoms with E-state index in [2.05, 4.69) is 5.32 Å². The molecule has 0 fully saturated rings. The molecule has 0 aliphatic carbocycles. The Morgan fingerprint density at radius 2 is 1.88 bits per heavy atom. The van der Waals surface area contributed by atoms with Gasteiger partial charge >= 0.3 is 0 Å². The summed E-state index contributed by atoms with van der Waals surface area (Å²) in [5.41, 5.74) is 1.74. The topological polar surface area (TPSA) is 47.6 Å². The Hall–Kier alpha value is -1.97. The highest BCUT2D eigenvalue weighted by Gasteiger charge is 2.17. The van der Waals surface area contributed by atoms with Crippen LogP contribution in [0.25, 0.3) is 6.08 Å². The van der Waals surface area contributed by atoms with Gasteiger partial charge in [-0.05, 0) is 18.2 Å². The van der Waals surface area contributed by atoms with Crippen molar-refractivity contribution in [2.45, 2.75) is 6.42 Å². The first-order valence-electron chi connectivity index (χ1n) is 4.96. The molecule has 0 saturated carbocycles. The van der Waals surface area contributed by atoms with E-state index in [-0.39, 0.29) is 5.91 Å². The Bertz CT molecular complexity index is 452. The second kappa shape index (κ2) is 4.26. The molecule has 1 amide bonds. The first-order chi connectivity index (χ1) is 7.76. The molecule has 0 spiro atoms. The predicted molar refractivity (Wildman–Crippen MR) is 60.4 cm³/mol. The van der Waals surface area contributed by atoms with Crippen molar-refractivity contribution in [3.8, 4) is 11.5 Å². The molecule has 16 heavy (non-hydrogen) atoms. The van der Waals surface area contributed by atoms with Crippen molar-refractivity contribution in [3.05, 3.63) is 29.5 Å². The molecular formula is C12H13NO3. The SMILES string of the molecule is COc1ccc(OC)c2c1C=CNC(=O)C2. The standard InChI is InChI=1S/C12H13NO3/c1-15-10-3-4-11(16-2)9-7-12(14)13-6-5-8(9)10/h3-6H,7H2,1-2H3,(H,13,14). The summed E-state index contributed by atoms with van der Waals surface area (Å²) in [5.74, 6) is 1.39. The maximum Gasteiger partial charge on any atom is 0.228 e. The normalized spacial score (nSPS) is 13.8. The number of fused-ring (bicyclic) bond motifs is 1. The molecule has 84 valence electrons. The molecule has 0 saturated heterocycles. The fourth-order valence-corrected chi connectivity index (χ4v) is 1.79. The van der Waals surface area contributed by atoms with Crippen LogP contribution in [0.15, 0.2) is 18.3 Å². The number of rotatable bonds is 2. The van der Waals surface area contributed by atoms with Crippen molar-refractivity contribution in [1.82, 2.24) is 5.32 Å². The van der Waals surface area contributed by atoms with Crippen LogP contribution in [-0.4, -0.2) is 20.1 Å². The number of nitrogens with one attached hydrogen (secondary N) is 1. The van der Waals surface area contributed by atoms with Gasteiger partial charge in [0.1, 0.15) is 11.5 Å². The smallest absolute Gasteiger partial charge is 0.228 e. The lowest BCUT2D eigenvalue weighted by molar-refractivity contribution is -0.119. The van der Waals surface area contributed by atoms with Gasteiger partial charge in [0.25, 0.3) is 0 Å². The van der Waals surface area contributed by atoms with Crippen LogP contribution in [0.2, 0.25) is 0 Å². The lowest BCUT2D eigenvalue weighted by Gasteiger charge is -2.12. The maximum absolute atomic E-state index is 11.5. The van der Waals surface area contributed by atoms with Crippen molar-refractivity contribution in [2.24, 2.45) is 0 Å². The Labute approximate surface area is 93.9 Å². The number of carbonyl (C=O) groups is 1. The van der Waals surface area contributed by atoms with Crippen molar-refractivity contribution in [2.75, 3.05) is 14.2 Å². The first kappa shape index (κ1) is 10.5. The van der Waals surface area contributed by atoms with E-state index in [9.17, 15) is 4.79 Å². The Morgan fingerprint density at radius 1 is 1.19 bits per heavy atom. The summed E-state index contributed by atoms with van der Waals surface area (Å²) in [6.07, 6.45) is 3.74. The number of benzene rings is 1. The van der Waals surface area contributed by atoms with E-state index in [0.29, 0.717) is 12.2 Å². The van der Waals surface area contributed by atoms with Crippen LogP contribution >= 0.6 is 0 Å². The summed E-state index contributed by atoms with van der Waals surface area (Å²) < 4.78 is 10.5. The summed E-state index contributed by atoms with van der Waals surface area (Å²) in [6, 6.07) is 3.64.